The first-order valence-electron chi connectivity index (χ1n) is 8.84. The topological polar surface area (TPSA) is 113 Å². The number of carbonyl (C=O) groups is 2. The van der Waals surface area contributed by atoms with Crippen LogP contribution in [0.4, 0.5) is 0 Å². The second kappa shape index (κ2) is 7.07. The van der Waals surface area contributed by atoms with Crippen LogP contribution in [0.15, 0.2) is 47.1 Å². The van der Waals surface area contributed by atoms with Gasteiger partial charge in [0.25, 0.3) is 0 Å². The molecule has 3 aliphatic rings. The van der Waals surface area contributed by atoms with Crippen LogP contribution in [0.2, 0.25) is 0 Å². The van der Waals surface area contributed by atoms with Crippen molar-refractivity contribution in [3.8, 4) is 0 Å². The molecule has 7 heteroatoms. The summed E-state index contributed by atoms with van der Waals surface area (Å²) in [5, 5.41) is 29.6. The van der Waals surface area contributed by atoms with Crippen LogP contribution >= 0.6 is 0 Å². The minimum absolute atomic E-state index is 0.0878. The lowest BCUT2D eigenvalue weighted by atomic mass is 9.76. The Kier molecular flexibility index (Phi) is 5.12. The molecule has 0 unspecified atom stereocenters. The molecule has 5 atom stereocenters. The fourth-order valence-electron chi connectivity index (χ4n) is 4.28. The number of ether oxygens (including phenoxy) is 2. The summed E-state index contributed by atoms with van der Waals surface area (Å²) in [6.07, 6.45) is 3.49. The van der Waals surface area contributed by atoms with Crippen LogP contribution in [-0.2, 0) is 19.1 Å². The van der Waals surface area contributed by atoms with Crippen LogP contribution in [0.3, 0.4) is 0 Å². The van der Waals surface area contributed by atoms with Crippen LogP contribution < -0.4 is 0 Å². The van der Waals surface area contributed by atoms with E-state index in [4.69, 9.17) is 14.6 Å². The number of hydrogen-bond acceptors (Lipinski definition) is 7. The van der Waals surface area contributed by atoms with Crippen molar-refractivity contribution in [3.63, 3.8) is 0 Å². The van der Waals surface area contributed by atoms with Crippen molar-refractivity contribution in [1.82, 2.24) is 0 Å². The van der Waals surface area contributed by atoms with Crippen molar-refractivity contribution in [1.29, 1.82) is 0 Å². The molecule has 0 spiro atoms. The first kappa shape index (κ1) is 19.5. The Labute approximate surface area is 157 Å². The predicted molar refractivity (Wildman–Crippen MR) is 95.2 cm³/mol. The summed E-state index contributed by atoms with van der Waals surface area (Å²) in [4.78, 5) is 24.6. The lowest BCUT2D eigenvalue weighted by Gasteiger charge is -2.35. The highest BCUT2D eigenvalue weighted by atomic mass is 16.6. The van der Waals surface area contributed by atoms with Crippen LogP contribution in [0, 0.1) is 11.8 Å². The minimum Gasteiger partial charge on any atom is -0.457 e. The van der Waals surface area contributed by atoms with E-state index in [1.54, 1.807) is 13.0 Å². The Morgan fingerprint density at radius 2 is 2.15 bits per heavy atom. The maximum Gasteiger partial charge on any atom is 0.336 e. The molecule has 7 nitrogen and oxygen atoms in total. The molecule has 3 N–H and O–H groups in total. The summed E-state index contributed by atoms with van der Waals surface area (Å²) in [6.45, 7) is 6.43. The minimum atomic E-state index is -1.22. The monoisotopic (exact) mass is 376 g/mol. The maximum atomic E-state index is 12.4. The first-order chi connectivity index (χ1) is 12.7. The molecule has 0 aromatic carbocycles. The third-order valence-corrected chi connectivity index (χ3v) is 5.79. The van der Waals surface area contributed by atoms with Gasteiger partial charge in [-0.3, -0.25) is 0 Å². The van der Waals surface area contributed by atoms with Crippen molar-refractivity contribution in [2.45, 2.75) is 38.1 Å². The molecule has 0 saturated carbocycles. The predicted octanol–water partition coefficient (Wildman–Crippen LogP) is 0.564. The van der Waals surface area contributed by atoms with E-state index in [-0.39, 0.29) is 11.1 Å². The van der Waals surface area contributed by atoms with Gasteiger partial charge in [0, 0.05) is 5.57 Å². The lowest BCUT2D eigenvalue weighted by molar-refractivity contribution is -0.147. The molecule has 27 heavy (non-hydrogen) atoms. The van der Waals surface area contributed by atoms with Gasteiger partial charge in [-0.25, -0.2) is 9.59 Å². The van der Waals surface area contributed by atoms with E-state index in [1.165, 1.54) is 0 Å². The molecular weight excluding hydrogens is 352 g/mol. The van der Waals surface area contributed by atoms with Crippen LogP contribution in [0.25, 0.3) is 0 Å². The standard InChI is InChI=1S/C20H24O7/c1-10-4-6-20(25)11(2)8-14(26-19(24)13(9-22)5-7-21)15-12(3)18(23)27-17(15)16(10)20/h4-5,8,14-17,21-22,25H,3,6-7,9H2,1-2H3/b13-5+/t14-,15-,16-,17+,20-/m1/s1. The summed E-state index contributed by atoms with van der Waals surface area (Å²) in [5.41, 5.74) is 0.400. The Hall–Kier alpha value is -2.22. The third kappa shape index (κ3) is 3.05. The summed E-state index contributed by atoms with van der Waals surface area (Å²) in [7, 11) is 0. The van der Waals surface area contributed by atoms with E-state index in [2.05, 4.69) is 6.58 Å². The molecule has 1 aliphatic heterocycles. The normalized spacial score (nSPS) is 35.7. The molecule has 0 bridgehead atoms. The number of rotatable bonds is 4. The van der Waals surface area contributed by atoms with Gasteiger partial charge in [0.1, 0.15) is 12.2 Å². The largest absolute Gasteiger partial charge is 0.457 e. The van der Waals surface area contributed by atoms with Gasteiger partial charge in [0.15, 0.2) is 0 Å². The Bertz CT molecular complexity index is 775. The van der Waals surface area contributed by atoms with E-state index in [0.29, 0.717) is 12.0 Å². The summed E-state index contributed by atoms with van der Waals surface area (Å²) >= 11 is 0. The highest BCUT2D eigenvalue weighted by molar-refractivity contribution is 5.92. The second-order valence-electron chi connectivity index (χ2n) is 7.26. The van der Waals surface area contributed by atoms with Gasteiger partial charge in [-0.2, -0.15) is 0 Å². The van der Waals surface area contributed by atoms with Crippen LogP contribution in [0.1, 0.15) is 20.3 Å². The van der Waals surface area contributed by atoms with E-state index in [1.807, 2.05) is 13.0 Å². The van der Waals surface area contributed by atoms with Gasteiger partial charge in [-0.05, 0) is 38.0 Å². The number of hydrogen-bond donors (Lipinski definition) is 3. The second-order valence-corrected chi connectivity index (χ2v) is 7.26. The fourth-order valence-corrected chi connectivity index (χ4v) is 4.28. The van der Waals surface area contributed by atoms with Gasteiger partial charge in [-0.15, -0.1) is 0 Å². The van der Waals surface area contributed by atoms with Gasteiger partial charge in [0.2, 0.25) is 0 Å². The molecule has 146 valence electrons. The lowest BCUT2D eigenvalue weighted by Crippen LogP contribution is -2.44. The van der Waals surface area contributed by atoms with Crippen LogP contribution in [0.5, 0.6) is 0 Å². The van der Waals surface area contributed by atoms with Gasteiger partial charge in [-0.1, -0.05) is 18.2 Å². The fraction of sp³-hybridized carbons (Fsp3) is 0.500. The van der Waals surface area contributed by atoms with Crippen molar-refractivity contribution in [3.05, 3.63) is 47.1 Å². The van der Waals surface area contributed by atoms with E-state index >= 15 is 0 Å². The summed E-state index contributed by atoms with van der Waals surface area (Å²) < 4.78 is 11.1. The molecular formula is C20H24O7. The molecule has 0 radical (unpaired) electrons. The van der Waals surface area contributed by atoms with Crippen LogP contribution in [-0.4, -0.2) is 58.3 Å². The molecule has 1 saturated heterocycles. The van der Waals surface area contributed by atoms with Crippen molar-refractivity contribution < 1.29 is 34.4 Å². The smallest absolute Gasteiger partial charge is 0.336 e. The average Bonchev–Trinajstić information content (AvgIpc) is 3.05. The van der Waals surface area contributed by atoms with Gasteiger partial charge in [0.05, 0.1) is 36.2 Å². The quantitative estimate of drug-likeness (QED) is 0.373. The molecule has 0 aromatic rings. The first-order valence-corrected chi connectivity index (χ1v) is 8.84. The molecule has 0 aromatic heterocycles. The molecule has 1 fully saturated rings. The van der Waals surface area contributed by atoms with E-state index in [9.17, 15) is 19.8 Å². The molecule has 3 rings (SSSR count). The van der Waals surface area contributed by atoms with Gasteiger partial charge >= 0.3 is 11.9 Å². The highest BCUT2D eigenvalue weighted by Crippen LogP contribution is 2.51. The Balaban J connectivity index is 2.01. The number of aliphatic hydroxyl groups is 3. The third-order valence-electron chi connectivity index (χ3n) is 5.79. The number of fused-ring (bicyclic) bond motifs is 3. The number of esters is 2. The number of carbonyl (C=O) groups excluding carboxylic acids is 2. The Morgan fingerprint density at radius 3 is 2.78 bits per heavy atom. The molecule has 0 amide bonds. The zero-order valence-electron chi connectivity index (χ0n) is 15.3. The zero-order valence-corrected chi connectivity index (χ0v) is 15.3. The summed E-state index contributed by atoms with van der Waals surface area (Å²) in [6, 6.07) is 0. The van der Waals surface area contributed by atoms with Crippen molar-refractivity contribution >= 4 is 11.9 Å². The average molecular weight is 376 g/mol. The Morgan fingerprint density at radius 1 is 1.44 bits per heavy atom. The zero-order chi connectivity index (χ0) is 19.9. The highest BCUT2D eigenvalue weighted by Gasteiger charge is 2.58. The molecule has 2 aliphatic carbocycles. The SMILES string of the molecule is C=C1C(=O)O[C@H]2[C@H]1[C@H](OC(=O)/C(=C/CO)CO)C=C(C)[C@]1(O)CC=C(C)[C@H]21. The maximum absolute atomic E-state index is 12.4. The summed E-state index contributed by atoms with van der Waals surface area (Å²) in [5.74, 6) is -2.48. The number of aliphatic hydroxyl groups excluding tert-OH is 2. The van der Waals surface area contributed by atoms with Crippen molar-refractivity contribution in [2.75, 3.05) is 13.2 Å². The van der Waals surface area contributed by atoms with E-state index < -0.39 is 54.8 Å². The van der Waals surface area contributed by atoms with Gasteiger partial charge < -0.3 is 24.8 Å². The van der Waals surface area contributed by atoms with Crippen molar-refractivity contribution in [2.24, 2.45) is 11.8 Å². The van der Waals surface area contributed by atoms with E-state index in [0.717, 1.165) is 11.6 Å². The molecule has 1 heterocycles.